The molecule has 1 aliphatic heterocycles. The van der Waals surface area contributed by atoms with Gasteiger partial charge < -0.3 is 4.90 Å². The molecule has 0 spiro atoms. The summed E-state index contributed by atoms with van der Waals surface area (Å²) in [7, 11) is 0. The van der Waals surface area contributed by atoms with Crippen LogP contribution in [0.25, 0.3) is 0 Å². The summed E-state index contributed by atoms with van der Waals surface area (Å²) in [5.74, 6) is -0.214. The Labute approximate surface area is 144 Å². The molecule has 1 aliphatic rings. The fourth-order valence-corrected chi connectivity index (χ4v) is 3.64. The minimum Gasteiger partial charge on any atom is -0.336 e. The maximum atomic E-state index is 13.1. The van der Waals surface area contributed by atoms with Crippen LogP contribution in [0.4, 0.5) is 4.39 Å². The number of piperazine rings is 1. The first-order valence-electron chi connectivity index (χ1n) is 7.53. The number of thiophene rings is 1. The molecule has 0 bridgehead atoms. The van der Waals surface area contributed by atoms with Gasteiger partial charge in [-0.1, -0.05) is 17.7 Å². The lowest BCUT2D eigenvalue weighted by Crippen LogP contribution is -2.48. The lowest BCUT2D eigenvalue weighted by molar-refractivity contribution is 0.0629. The van der Waals surface area contributed by atoms with Crippen molar-refractivity contribution >= 4 is 28.8 Å². The normalized spacial score (nSPS) is 15.9. The van der Waals surface area contributed by atoms with E-state index in [0.29, 0.717) is 24.7 Å². The Hall–Kier alpha value is -1.43. The van der Waals surface area contributed by atoms with Crippen LogP contribution >= 0.6 is 22.9 Å². The van der Waals surface area contributed by atoms with Gasteiger partial charge in [0.05, 0.1) is 5.56 Å². The molecule has 1 amide bonds. The summed E-state index contributed by atoms with van der Waals surface area (Å²) in [5, 5.41) is 2.37. The van der Waals surface area contributed by atoms with Crippen LogP contribution in [0.15, 0.2) is 29.6 Å². The molecule has 0 N–H and O–H groups in total. The summed E-state index contributed by atoms with van der Waals surface area (Å²) in [6, 6.07) is 6.44. The molecule has 0 unspecified atom stereocenters. The van der Waals surface area contributed by atoms with Crippen LogP contribution in [0.3, 0.4) is 0 Å². The predicted octanol–water partition coefficient (Wildman–Crippen LogP) is 3.81. The summed E-state index contributed by atoms with van der Waals surface area (Å²) in [6.45, 7) is 5.68. The first-order chi connectivity index (χ1) is 11.0. The van der Waals surface area contributed by atoms with Gasteiger partial charge in [-0.05, 0) is 30.7 Å². The van der Waals surface area contributed by atoms with E-state index in [0.717, 1.165) is 29.1 Å². The van der Waals surface area contributed by atoms with Crippen molar-refractivity contribution in [2.24, 2.45) is 0 Å². The van der Waals surface area contributed by atoms with Crippen LogP contribution < -0.4 is 0 Å². The van der Waals surface area contributed by atoms with Gasteiger partial charge in [0.1, 0.15) is 5.82 Å². The number of aryl methyl sites for hydroxylation is 1. The third-order valence-corrected chi connectivity index (χ3v) is 5.26. The van der Waals surface area contributed by atoms with Gasteiger partial charge in [-0.3, -0.25) is 9.69 Å². The molecule has 0 saturated carbocycles. The second kappa shape index (κ2) is 6.99. The van der Waals surface area contributed by atoms with Gasteiger partial charge in [-0.15, -0.1) is 11.3 Å². The third-order valence-electron chi connectivity index (χ3n) is 4.05. The van der Waals surface area contributed by atoms with Gasteiger partial charge in [0.2, 0.25) is 0 Å². The summed E-state index contributed by atoms with van der Waals surface area (Å²) in [5.41, 5.74) is 1.70. The second-order valence-electron chi connectivity index (χ2n) is 5.75. The van der Waals surface area contributed by atoms with Gasteiger partial charge in [0, 0.05) is 48.0 Å². The predicted molar refractivity (Wildman–Crippen MR) is 91.6 cm³/mol. The second-order valence-corrected chi connectivity index (χ2v) is 7.27. The Morgan fingerprint density at radius 3 is 2.61 bits per heavy atom. The summed E-state index contributed by atoms with van der Waals surface area (Å²) in [6.07, 6.45) is 0. The van der Waals surface area contributed by atoms with Gasteiger partial charge in [0.15, 0.2) is 0 Å². The van der Waals surface area contributed by atoms with Crippen LogP contribution in [-0.2, 0) is 6.54 Å². The van der Waals surface area contributed by atoms with Gasteiger partial charge in [-0.2, -0.15) is 0 Å². The zero-order valence-electron chi connectivity index (χ0n) is 12.9. The topological polar surface area (TPSA) is 23.6 Å². The average molecular weight is 353 g/mol. The number of carbonyl (C=O) groups is 1. The van der Waals surface area contributed by atoms with Crippen molar-refractivity contribution < 1.29 is 9.18 Å². The van der Waals surface area contributed by atoms with Crippen molar-refractivity contribution in [1.29, 1.82) is 0 Å². The van der Waals surface area contributed by atoms with E-state index in [1.807, 2.05) is 23.3 Å². The molecule has 3 nitrogen and oxygen atoms in total. The van der Waals surface area contributed by atoms with Crippen molar-refractivity contribution in [1.82, 2.24) is 9.80 Å². The highest BCUT2D eigenvalue weighted by molar-refractivity contribution is 7.10. The monoisotopic (exact) mass is 352 g/mol. The smallest absolute Gasteiger partial charge is 0.254 e. The van der Waals surface area contributed by atoms with Crippen molar-refractivity contribution in [2.75, 3.05) is 26.2 Å². The Morgan fingerprint density at radius 2 is 2.00 bits per heavy atom. The summed E-state index contributed by atoms with van der Waals surface area (Å²) in [4.78, 5) is 17.7. The van der Waals surface area contributed by atoms with E-state index in [1.165, 1.54) is 12.1 Å². The number of benzene rings is 1. The van der Waals surface area contributed by atoms with Crippen molar-refractivity contribution in [3.05, 3.63) is 56.5 Å². The van der Waals surface area contributed by atoms with E-state index < -0.39 is 0 Å². The minimum atomic E-state index is -0.319. The molecular formula is C17H18ClFN2OS. The van der Waals surface area contributed by atoms with E-state index in [9.17, 15) is 9.18 Å². The number of rotatable bonds is 3. The minimum absolute atomic E-state index is 0.105. The zero-order valence-corrected chi connectivity index (χ0v) is 14.5. The molecule has 0 aliphatic carbocycles. The van der Waals surface area contributed by atoms with Crippen molar-refractivity contribution in [2.45, 2.75) is 13.5 Å². The highest BCUT2D eigenvalue weighted by atomic mass is 35.5. The molecule has 0 atom stereocenters. The van der Waals surface area contributed by atoms with E-state index in [1.54, 1.807) is 17.4 Å². The highest BCUT2D eigenvalue weighted by Crippen LogP contribution is 2.21. The fraction of sp³-hybridized carbons (Fsp3) is 0.353. The molecule has 23 heavy (non-hydrogen) atoms. The molecule has 2 aromatic rings. The number of amides is 1. The van der Waals surface area contributed by atoms with Crippen LogP contribution in [0.1, 0.15) is 20.8 Å². The van der Waals surface area contributed by atoms with E-state index >= 15 is 0 Å². The van der Waals surface area contributed by atoms with Crippen LogP contribution in [-0.4, -0.2) is 41.9 Å². The summed E-state index contributed by atoms with van der Waals surface area (Å²) >= 11 is 7.68. The van der Waals surface area contributed by atoms with Crippen molar-refractivity contribution in [3.8, 4) is 0 Å². The summed E-state index contributed by atoms with van der Waals surface area (Å²) < 4.78 is 13.1. The quantitative estimate of drug-likeness (QED) is 0.838. The number of carbonyl (C=O) groups excluding carboxylic acids is 1. The first kappa shape index (κ1) is 16.4. The lowest BCUT2D eigenvalue weighted by Gasteiger charge is -2.34. The maximum Gasteiger partial charge on any atom is 0.254 e. The molecule has 1 fully saturated rings. The van der Waals surface area contributed by atoms with E-state index in [-0.39, 0.29) is 11.7 Å². The molecule has 1 saturated heterocycles. The molecule has 3 rings (SSSR count). The van der Waals surface area contributed by atoms with Crippen molar-refractivity contribution in [3.63, 3.8) is 0 Å². The molecule has 2 heterocycles. The van der Waals surface area contributed by atoms with Crippen LogP contribution in [0, 0.1) is 12.7 Å². The first-order valence-corrected chi connectivity index (χ1v) is 8.79. The number of nitrogens with zero attached hydrogens (tertiary/aromatic N) is 2. The SMILES string of the molecule is Cc1cc(C(=O)N2CCN(Cc3ccc(F)cc3Cl)CC2)cs1. The fourth-order valence-electron chi connectivity index (χ4n) is 2.74. The highest BCUT2D eigenvalue weighted by Gasteiger charge is 2.23. The lowest BCUT2D eigenvalue weighted by atomic mass is 10.2. The molecule has 122 valence electrons. The molecule has 1 aromatic heterocycles. The van der Waals surface area contributed by atoms with Crippen LogP contribution in [0.5, 0.6) is 0 Å². The van der Waals surface area contributed by atoms with Gasteiger partial charge in [0.25, 0.3) is 5.91 Å². The maximum absolute atomic E-state index is 13.1. The van der Waals surface area contributed by atoms with E-state index in [4.69, 9.17) is 11.6 Å². The zero-order chi connectivity index (χ0) is 16.4. The molecule has 1 aromatic carbocycles. The largest absolute Gasteiger partial charge is 0.336 e. The Balaban J connectivity index is 1.57. The average Bonchev–Trinajstić information content (AvgIpc) is 2.97. The Morgan fingerprint density at radius 1 is 1.26 bits per heavy atom. The number of hydrogen-bond donors (Lipinski definition) is 0. The Bertz CT molecular complexity index is 710. The standard InChI is InChI=1S/C17H18ClFN2OS/c1-12-8-14(11-23-12)17(22)21-6-4-20(5-7-21)10-13-2-3-15(19)9-16(13)18/h2-3,8-9,11H,4-7,10H2,1H3. The van der Waals surface area contributed by atoms with Crippen LogP contribution in [0.2, 0.25) is 5.02 Å². The molecule has 0 radical (unpaired) electrons. The van der Waals surface area contributed by atoms with E-state index in [2.05, 4.69) is 4.90 Å². The number of hydrogen-bond acceptors (Lipinski definition) is 3. The molecule has 6 heteroatoms. The van der Waals surface area contributed by atoms with Gasteiger partial charge in [-0.25, -0.2) is 4.39 Å². The van der Waals surface area contributed by atoms with Gasteiger partial charge >= 0.3 is 0 Å². The third kappa shape index (κ3) is 3.91. The Kier molecular flexibility index (Phi) is 4.99. The molecular weight excluding hydrogens is 335 g/mol. The number of halogens is 2.